The van der Waals surface area contributed by atoms with E-state index in [0.717, 1.165) is 27.3 Å². The van der Waals surface area contributed by atoms with Gasteiger partial charge in [-0.1, -0.05) is 72.3 Å². The molecule has 0 saturated carbocycles. The van der Waals surface area contributed by atoms with Gasteiger partial charge in [-0.25, -0.2) is 8.42 Å². The van der Waals surface area contributed by atoms with Crippen LogP contribution in [0.15, 0.2) is 78.9 Å². The lowest BCUT2D eigenvalue weighted by molar-refractivity contribution is -0.140. The fourth-order valence-electron chi connectivity index (χ4n) is 4.07. The predicted octanol–water partition coefficient (Wildman–Crippen LogP) is 4.19. The SMILES string of the molecule is CCNC(=O)[C@H](Cc1ccccc1)N(Cc1ccc(Cl)cc1)C(=O)CN(c1ccccc1C)S(C)(=O)=O. The largest absolute Gasteiger partial charge is 0.355 e. The molecular weight excluding hydrogens is 510 g/mol. The number of rotatable bonds is 11. The molecule has 0 aliphatic carbocycles. The van der Waals surface area contributed by atoms with Gasteiger partial charge in [0.1, 0.15) is 12.6 Å². The van der Waals surface area contributed by atoms with Gasteiger partial charge < -0.3 is 10.2 Å². The van der Waals surface area contributed by atoms with Crippen LogP contribution in [-0.2, 0) is 32.6 Å². The minimum atomic E-state index is -3.79. The van der Waals surface area contributed by atoms with Crippen LogP contribution < -0.4 is 9.62 Å². The van der Waals surface area contributed by atoms with Gasteiger partial charge in [0, 0.05) is 24.5 Å². The number of aryl methyl sites for hydroxylation is 1. The third-order valence-corrected chi connectivity index (χ3v) is 7.33. The number of amides is 2. The fourth-order valence-corrected chi connectivity index (χ4v) is 5.10. The van der Waals surface area contributed by atoms with Gasteiger partial charge in [-0.3, -0.25) is 13.9 Å². The van der Waals surface area contributed by atoms with Gasteiger partial charge in [-0.2, -0.15) is 0 Å². The molecule has 0 aliphatic rings. The van der Waals surface area contributed by atoms with Crippen molar-refractivity contribution in [3.8, 4) is 0 Å². The van der Waals surface area contributed by atoms with Crippen molar-refractivity contribution in [2.75, 3.05) is 23.7 Å². The first-order chi connectivity index (χ1) is 17.6. The number of sulfonamides is 1. The van der Waals surface area contributed by atoms with Crippen LogP contribution in [-0.4, -0.2) is 50.5 Å². The number of carbonyl (C=O) groups excluding carboxylic acids is 2. The van der Waals surface area contributed by atoms with Crippen LogP contribution in [0.4, 0.5) is 5.69 Å². The first-order valence-corrected chi connectivity index (χ1v) is 14.2. The van der Waals surface area contributed by atoms with Crippen LogP contribution in [0.1, 0.15) is 23.6 Å². The van der Waals surface area contributed by atoms with Gasteiger partial charge in [0.15, 0.2) is 0 Å². The number of benzene rings is 3. The van der Waals surface area contributed by atoms with Crippen molar-refractivity contribution in [3.05, 3.63) is 101 Å². The molecule has 0 unspecified atom stereocenters. The van der Waals surface area contributed by atoms with E-state index in [1.807, 2.05) is 37.3 Å². The molecule has 0 heterocycles. The molecule has 3 rings (SSSR count). The zero-order chi connectivity index (χ0) is 27.0. The van der Waals surface area contributed by atoms with Crippen LogP contribution in [0.3, 0.4) is 0 Å². The Labute approximate surface area is 224 Å². The quantitative estimate of drug-likeness (QED) is 0.394. The van der Waals surface area contributed by atoms with Crippen molar-refractivity contribution in [1.82, 2.24) is 10.2 Å². The van der Waals surface area contributed by atoms with Crippen molar-refractivity contribution in [2.45, 2.75) is 32.9 Å². The predicted molar refractivity (Wildman–Crippen MR) is 148 cm³/mol. The van der Waals surface area contributed by atoms with Crippen LogP contribution in [0.2, 0.25) is 5.02 Å². The molecule has 0 aliphatic heterocycles. The number of nitrogens with one attached hydrogen (secondary N) is 1. The molecule has 3 aromatic rings. The van der Waals surface area contributed by atoms with Crippen molar-refractivity contribution < 1.29 is 18.0 Å². The molecule has 0 radical (unpaired) electrons. The third kappa shape index (κ3) is 7.81. The number of halogens is 1. The average molecular weight is 542 g/mol. The van der Waals surface area contributed by atoms with E-state index < -0.39 is 28.5 Å². The summed E-state index contributed by atoms with van der Waals surface area (Å²) >= 11 is 6.06. The van der Waals surface area contributed by atoms with Crippen LogP contribution in [0, 0.1) is 6.92 Å². The second-order valence-corrected chi connectivity index (χ2v) is 11.1. The summed E-state index contributed by atoms with van der Waals surface area (Å²) in [5, 5.41) is 3.38. The highest BCUT2D eigenvalue weighted by molar-refractivity contribution is 7.92. The molecule has 0 saturated heterocycles. The normalized spacial score (nSPS) is 12.0. The number of para-hydroxylation sites is 1. The fraction of sp³-hybridized carbons (Fsp3) is 0.286. The molecule has 1 atom stereocenters. The third-order valence-electron chi connectivity index (χ3n) is 5.95. The Morgan fingerprint density at radius 3 is 2.14 bits per heavy atom. The summed E-state index contributed by atoms with van der Waals surface area (Å²) in [4.78, 5) is 28.7. The minimum Gasteiger partial charge on any atom is -0.355 e. The van der Waals surface area contributed by atoms with Crippen molar-refractivity contribution in [1.29, 1.82) is 0 Å². The number of likely N-dealkylation sites (N-methyl/N-ethyl adjacent to an activating group) is 1. The van der Waals surface area contributed by atoms with Gasteiger partial charge in [-0.15, -0.1) is 0 Å². The van der Waals surface area contributed by atoms with Crippen LogP contribution >= 0.6 is 11.6 Å². The molecule has 9 heteroatoms. The Hall–Kier alpha value is -3.36. The summed E-state index contributed by atoms with van der Waals surface area (Å²) in [6.45, 7) is 3.66. The molecule has 0 aromatic heterocycles. The highest BCUT2D eigenvalue weighted by Crippen LogP contribution is 2.23. The molecule has 0 bridgehead atoms. The topological polar surface area (TPSA) is 86.8 Å². The van der Waals surface area contributed by atoms with Crippen molar-refractivity contribution in [3.63, 3.8) is 0 Å². The first kappa shape index (κ1) is 28.2. The maximum atomic E-state index is 13.9. The molecule has 2 amide bonds. The Morgan fingerprint density at radius 2 is 1.54 bits per heavy atom. The number of anilines is 1. The standard InChI is InChI=1S/C28H32ClN3O4S/c1-4-30-28(34)26(18-22-11-6-5-7-12-22)31(19-23-14-16-24(29)17-15-23)27(33)20-32(37(3,35)36)25-13-9-8-10-21(25)2/h5-17,26H,4,18-20H2,1-3H3,(H,30,34)/t26-/m0/s1. The van der Waals surface area contributed by atoms with Gasteiger partial charge in [0.05, 0.1) is 11.9 Å². The van der Waals surface area contributed by atoms with E-state index in [4.69, 9.17) is 11.6 Å². The lowest BCUT2D eigenvalue weighted by Gasteiger charge is -2.33. The van der Waals surface area contributed by atoms with Gasteiger partial charge in [0.25, 0.3) is 0 Å². The highest BCUT2D eigenvalue weighted by Gasteiger charge is 2.33. The molecule has 0 spiro atoms. The van der Waals surface area contributed by atoms with Crippen molar-refractivity contribution >= 4 is 39.1 Å². The Kier molecular flexibility index (Phi) is 9.72. The molecule has 3 aromatic carbocycles. The zero-order valence-electron chi connectivity index (χ0n) is 21.2. The number of hydrogen-bond acceptors (Lipinski definition) is 4. The molecular formula is C28H32ClN3O4S. The summed E-state index contributed by atoms with van der Waals surface area (Å²) in [6, 6.07) is 22.6. The van der Waals surface area contributed by atoms with Gasteiger partial charge in [0.2, 0.25) is 21.8 Å². The summed E-state index contributed by atoms with van der Waals surface area (Å²) in [7, 11) is -3.79. The maximum absolute atomic E-state index is 13.9. The van der Waals surface area contributed by atoms with E-state index in [9.17, 15) is 18.0 Å². The van der Waals surface area contributed by atoms with E-state index in [1.165, 1.54) is 4.90 Å². The number of carbonyl (C=O) groups is 2. The summed E-state index contributed by atoms with van der Waals surface area (Å²) < 4.78 is 26.7. The summed E-state index contributed by atoms with van der Waals surface area (Å²) in [5.74, 6) is -0.800. The van der Waals surface area contributed by atoms with Gasteiger partial charge in [-0.05, 0) is 48.7 Å². The number of nitrogens with zero attached hydrogens (tertiary/aromatic N) is 2. The Balaban J connectivity index is 2.04. The molecule has 1 N–H and O–H groups in total. The second kappa shape index (κ2) is 12.7. The van der Waals surface area contributed by atoms with E-state index >= 15 is 0 Å². The first-order valence-electron chi connectivity index (χ1n) is 12.0. The van der Waals surface area contributed by atoms with E-state index in [0.29, 0.717) is 17.3 Å². The average Bonchev–Trinajstić information content (AvgIpc) is 2.86. The maximum Gasteiger partial charge on any atom is 0.244 e. The second-order valence-electron chi connectivity index (χ2n) is 8.80. The summed E-state index contributed by atoms with van der Waals surface area (Å²) in [6.07, 6.45) is 1.34. The van der Waals surface area contributed by atoms with Crippen LogP contribution in [0.25, 0.3) is 0 Å². The van der Waals surface area contributed by atoms with Crippen molar-refractivity contribution in [2.24, 2.45) is 0 Å². The summed E-state index contributed by atoms with van der Waals surface area (Å²) in [5.41, 5.74) is 2.78. The molecule has 0 fully saturated rings. The van der Waals surface area contributed by atoms with E-state index in [2.05, 4.69) is 5.32 Å². The number of hydrogen-bond donors (Lipinski definition) is 1. The molecule has 7 nitrogen and oxygen atoms in total. The van der Waals surface area contributed by atoms with Crippen LogP contribution in [0.5, 0.6) is 0 Å². The smallest absolute Gasteiger partial charge is 0.244 e. The van der Waals surface area contributed by atoms with E-state index in [-0.39, 0.29) is 18.9 Å². The van der Waals surface area contributed by atoms with Gasteiger partial charge >= 0.3 is 0 Å². The Bertz CT molecular complexity index is 1310. The zero-order valence-corrected chi connectivity index (χ0v) is 22.8. The molecule has 37 heavy (non-hydrogen) atoms. The molecule has 196 valence electrons. The lowest BCUT2D eigenvalue weighted by Crippen LogP contribution is -2.53. The lowest BCUT2D eigenvalue weighted by atomic mass is 10.0. The Morgan fingerprint density at radius 1 is 0.919 bits per heavy atom. The van der Waals surface area contributed by atoms with E-state index in [1.54, 1.807) is 55.5 Å². The monoisotopic (exact) mass is 541 g/mol. The highest BCUT2D eigenvalue weighted by atomic mass is 35.5. The minimum absolute atomic E-state index is 0.107.